The standard InChI is InChI=1S/C15H24N4/c1-4-5-12-8-16-11(2)17-15(12)19-9-13-6-7-18(3)14(13)10-19/h8,13-14H,4-7,9-10H2,1-3H3. The average Bonchev–Trinajstić information content (AvgIpc) is 2.95. The Hall–Kier alpha value is -1.16. The third kappa shape index (κ3) is 2.34. The van der Waals surface area contributed by atoms with Gasteiger partial charge in [0.2, 0.25) is 0 Å². The SMILES string of the molecule is CCCc1cnc(C)nc1N1CC2CCN(C)C2C1. The summed E-state index contributed by atoms with van der Waals surface area (Å²) in [6, 6.07) is 0.727. The van der Waals surface area contributed by atoms with E-state index >= 15 is 0 Å². The maximum Gasteiger partial charge on any atom is 0.135 e. The van der Waals surface area contributed by atoms with Gasteiger partial charge < -0.3 is 9.80 Å². The van der Waals surface area contributed by atoms with E-state index in [1.165, 1.54) is 30.9 Å². The van der Waals surface area contributed by atoms with E-state index in [1.54, 1.807) is 0 Å². The molecule has 3 rings (SSSR count). The molecule has 0 saturated carbocycles. The lowest BCUT2D eigenvalue weighted by molar-refractivity contribution is 0.310. The van der Waals surface area contributed by atoms with Gasteiger partial charge in [-0.2, -0.15) is 0 Å². The van der Waals surface area contributed by atoms with Gasteiger partial charge in [0.15, 0.2) is 0 Å². The number of likely N-dealkylation sites (tertiary alicyclic amines) is 1. The molecular weight excluding hydrogens is 236 g/mol. The molecule has 2 aliphatic heterocycles. The Morgan fingerprint density at radius 3 is 2.95 bits per heavy atom. The Labute approximate surface area is 115 Å². The monoisotopic (exact) mass is 260 g/mol. The molecule has 4 nitrogen and oxygen atoms in total. The minimum Gasteiger partial charge on any atom is -0.354 e. The third-order valence-electron chi connectivity index (χ3n) is 4.61. The number of likely N-dealkylation sites (N-methyl/N-ethyl adjacent to an activating group) is 1. The molecule has 0 radical (unpaired) electrons. The van der Waals surface area contributed by atoms with E-state index in [0.29, 0.717) is 0 Å². The van der Waals surface area contributed by atoms with Crippen LogP contribution in [-0.2, 0) is 6.42 Å². The van der Waals surface area contributed by atoms with Crippen LogP contribution in [0, 0.1) is 12.8 Å². The van der Waals surface area contributed by atoms with Crippen LogP contribution in [0.4, 0.5) is 5.82 Å². The van der Waals surface area contributed by atoms with Crippen molar-refractivity contribution in [1.82, 2.24) is 14.9 Å². The minimum absolute atomic E-state index is 0.727. The van der Waals surface area contributed by atoms with Crippen LogP contribution in [0.2, 0.25) is 0 Å². The predicted molar refractivity (Wildman–Crippen MR) is 77.5 cm³/mol. The summed E-state index contributed by atoms with van der Waals surface area (Å²) < 4.78 is 0. The Balaban J connectivity index is 1.84. The van der Waals surface area contributed by atoms with Crippen LogP contribution in [-0.4, -0.2) is 47.6 Å². The molecule has 4 heteroatoms. The zero-order valence-corrected chi connectivity index (χ0v) is 12.3. The van der Waals surface area contributed by atoms with Gasteiger partial charge in [-0.05, 0) is 39.3 Å². The lowest BCUT2D eigenvalue weighted by Gasteiger charge is -2.23. The smallest absolute Gasteiger partial charge is 0.135 e. The molecule has 2 unspecified atom stereocenters. The summed E-state index contributed by atoms with van der Waals surface area (Å²) in [5, 5.41) is 0. The summed E-state index contributed by atoms with van der Waals surface area (Å²) in [5.74, 6) is 2.91. The number of fused-ring (bicyclic) bond motifs is 1. The molecular formula is C15H24N4. The topological polar surface area (TPSA) is 32.3 Å². The first kappa shape index (κ1) is 12.9. The highest BCUT2D eigenvalue weighted by Crippen LogP contribution is 2.33. The number of anilines is 1. The Kier molecular flexibility index (Phi) is 3.44. The van der Waals surface area contributed by atoms with Crippen molar-refractivity contribution in [3.8, 4) is 0 Å². The van der Waals surface area contributed by atoms with Gasteiger partial charge in [0.25, 0.3) is 0 Å². The molecule has 1 aromatic rings. The van der Waals surface area contributed by atoms with Gasteiger partial charge in [0.1, 0.15) is 11.6 Å². The highest BCUT2D eigenvalue weighted by Gasteiger charge is 2.40. The van der Waals surface area contributed by atoms with Crippen molar-refractivity contribution >= 4 is 5.82 Å². The van der Waals surface area contributed by atoms with Crippen LogP contribution in [0.1, 0.15) is 31.2 Å². The van der Waals surface area contributed by atoms with Crippen molar-refractivity contribution in [2.24, 2.45) is 5.92 Å². The molecule has 0 aliphatic carbocycles. The van der Waals surface area contributed by atoms with Crippen molar-refractivity contribution in [1.29, 1.82) is 0 Å². The molecule has 0 spiro atoms. The maximum atomic E-state index is 4.72. The van der Waals surface area contributed by atoms with Crippen molar-refractivity contribution in [2.45, 2.75) is 39.2 Å². The second-order valence-electron chi connectivity index (χ2n) is 6.02. The van der Waals surface area contributed by atoms with Crippen LogP contribution in [0.25, 0.3) is 0 Å². The van der Waals surface area contributed by atoms with Gasteiger partial charge in [-0.25, -0.2) is 9.97 Å². The van der Waals surface area contributed by atoms with Crippen molar-refractivity contribution in [2.75, 3.05) is 31.6 Å². The molecule has 0 N–H and O–H groups in total. The molecule has 3 heterocycles. The largest absolute Gasteiger partial charge is 0.354 e. The highest BCUT2D eigenvalue weighted by molar-refractivity contribution is 5.48. The Morgan fingerprint density at radius 1 is 1.37 bits per heavy atom. The zero-order valence-electron chi connectivity index (χ0n) is 12.3. The first-order valence-corrected chi connectivity index (χ1v) is 7.46. The van der Waals surface area contributed by atoms with E-state index < -0.39 is 0 Å². The van der Waals surface area contributed by atoms with Crippen LogP contribution in [0.5, 0.6) is 0 Å². The fourth-order valence-electron chi connectivity index (χ4n) is 3.55. The Morgan fingerprint density at radius 2 is 2.21 bits per heavy atom. The van der Waals surface area contributed by atoms with Gasteiger partial charge in [0.05, 0.1) is 0 Å². The summed E-state index contributed by atoms with van der Waals surface area (Å²) in [5.41, 5.74) is 1.32. The number of aromatic nitrogens is 2. The molecule has 2 saturated heterocycles. The molecule has 104 valence electrons. The summed E-state index contributed by atoms with van der Waals surface area (Å²) in [4.78, 5) is 14.1. The molecule has 1 aromatic heterocycles. The lowest BCUT2D eigenvalue weighted by atomic mass is 10.1. The van der Waals surface area contributed by atoms with Gasteiger partial charge in [-0.1, -0.05) is 13.3 Å². The normalized spacial score (nSPS) is 27.0. The quantitative estimate of drug-likeness (QED) is 0.830. The fourth-order valence-corrected chi connectivity index (χ4v) is 3.55. The van der Waals surface area contributed by atoms with E-state index in [-0.39, 0.29) is 0 Å². The lowest BCUT2D eigenvalue weighted by Crippen LogP contribution is -2.32. The number of aryl methyl sites for hydroxylation is 2. The van der Waals surface area contributed by atoms with Gasteiger partial charge in [-0.3, -0.25) is 0 Å². The molecule has 2 aliphatic rings. The van der Waals surface area contributed by atoms with E-state index in [2.05, 4.69) is 28.8 Å². The van der Waals surface area contributed by atoms with Crippen LogP contribution < -0.4 is 4.90 Å². The van der Waals surface area contributed by atoms with Gasteiger partial charge >= 0.3 is 0 Å². The second-order valence-corrected chi connectivity index (χ2v) is 6.02. The van der Waals surface area contributed by atoms with E-state index in [4.69, 9.17) is 4.98 Å². The number of nitrogens with zero attached hydrogens (tertiary/aromatic N) is 4. The minimum atomic E-state index is 0.727. The van der Waals surface area contributed by atoms with Gasteiger partial charge in [-0.15, -0.1) is 0 Å². The molecule has 19 heavy (non-hydrogen) atoms. The maximum absolute atomic E-state index is 4.72. The second kappa shape index (κ2) is 5.08. The molecule has 0 amide bonds. The third-order valence-corrected chi connectivity index (χ3v) is 4.61. The summed E-state index contributed by atoms with van der Waals surface area (Å²) in [6.45, 7) is 7.77. The number of hydrogen-bond donors (Lipinski definition) is 0. The highest BCUT2D eigenvalue weighted by atomic mass is 15.3. The molecule has 2 atom stereocenters. The van der Waals surface area contributed by atoms with Crippen LogP contribution in [0.15, 0.2) is 6.20 Å². The van der Waals surface area contributed by atoms with Crippen molar-refractivity contribution in [3.05, 3.63) is 17.6 Å². The van der Waals surface area contributed by atoms with E-state index in [0.717, 1.165) is 37.2 Å². The zero-order chi connectivity index (χ0) is 13.4. The Bertz CT molecular complexity index is 459. The number of rotatable bonds is 3. The number of hydrogen-bond acceptors (Lipinski definition) is 4. The first-order valence-electron chi connectivity index (χ1n) is 7.46. The fraction of sp³-hybridized carbons (Fsp3) is 0.733. The molecule has 2 fully saturated rings. The molecule has 0 aromatic carbocycles. The van der Waals surface area contributed by atoms with E-state index in [1.807, 2.05) is 13.1 Å². The average molecular weight is 260 g/mol. The van der Waals surface area contributed by atoms with Gasteiger partial charge in [0, 0.05) is 30.9 Å². The first-order chi connectivity index (χ1) is 9.19. The predicted octanol–water partition coefficient (Wildman–Crippen LogP) is 1.88. The van der Waals surface area contributed by atoms with E-state index in [9.17, 15) is 0 Å². The van der Waals surface area contributed by atoms with Crippen molar-refractivity contribution in [3.63, 3.8) is 0 Å². The van der Waals surface area contributed by atoms with Crippen LogP contribution >= 0.6 is 0 Å². The summed E-state index contributed by atoms with van der Waals surface area (Å²) in [6.07, 6.45) is 5.60. The van der Waals surface area contributed by atoms with Crippen LogP contribution in [0.3, 0.4) is 0 Å². The summed E-state index contributed by atoms with van der Waals surface area (Å²) >= 11 is 0. The molecule has 0 bridgehead atoms. The summed E-state index contributed by atoms with van der Waals surface area (Å²) in [7, 11) is 2.26. The van der Waals surface area contributed by atoms with Crippen molar-refractivity contribution < 1.29 is 0 Å².